The van der Waals surface area contributed by atoms with Gasteiger partial charge in [-0.25, -0.2) is 15.2 Å². The molecule has 126 valence electrons. The number of aryl methyl sites for hydroxylation is 2. The van der Waals surface area contributed by atoms with Gasteiger partial charge in [-0.3, -0.25) is 19.6 Å². The molecule has 10 nitrogen and oxygen atoms in total. The number of carbonyl (C=O) groups is 1. The summed E-state index contributed by atoms with van der Waals surface area (Å²) in [6.45, 7) is 4.12. The summed E-state index contributed by atoms with van der Waals surface area (Å²) in [7, 11) is 1.47. The molecule has 0 saturated carbocycles. The molecule has 0 spiro atoms. The van der Waals surface area contributed by atoms with Crippen LogP contribution in [0.4, 0.5) is 5.95 Å². The van der Waals surface area contributed by atoms with Crippen molar-refractivity contribution in [1.29, 1.82) is 0 Å². The van der Waals surface area contributed by atoms with Crippen LogP contribution in [0, 0.1) is 5.92 Å². The number of nitrogen functional groups attached to an aromatic ring is 1. The van der Waals surface area contributed by atoms with E-state index in [0.29, 0.717) is 12.5 Å². The Kier molecular flexibility index (Phi) is 4.55. The molecule has 0 saturated heterocycles. The van der Waals surface area contributed by atoms with E-state index in [2.05, 4.69) is 24.3 Å². The second kappa shape index (κ2) is 6.24. The Balaban J connectivity index is 2.79. The first-order chi connectivity index (χ1) is 10.8. The highest BCUT2D eigenvalue weighted by molar-refractivity contribution is 5.76. The van der Waals surface area contributed by atoms with Crippen LogP contribution in [-0.2, 0) is 24.9 Å². The van der Waals surface area contributed by atoms with Crippen LogP contribution in [0.2, 0.25) is 0 Å². The molecule has 0 aliphatic carbocycles. The van der Waals surface area contributed by atoms with Gasteiger partial charge in [-0.1, -0.05) is 13.8 Å². The summed E-state index contributed by atoms with van der Waals surface area (Å²) >= 11 is 0. The smallest absolute Gasteiger partial charge is 0.332 e. The van der Waals surface area contributed by atoms with Gasteiger partial charge in [0.25, 0.3) is 5.56 Å². The molecule has 0 aromatic carbocycles. The first kappa shape index (κ1) is 16.7. The number of carbonyl (C=O) groups excluding carboxylic acids is 1. The monoisotopic (exact) mass is 323 g/mol. The zero-order chi connectivity index (χ0) is 17.3. The lowest BCUT2D eigenvalue weighted by Crippen LogP contribution is -2.42. The van der Waals surface area contributed by atoms with E-state index in [1.165, 1.54) is 11.6 Å². The predicted molar refractivity (Wildman–Crippen MR) is 85.7 cm³/mol. The van der Waals surface area contributed by atoms with E-state index < -0.39 is 23.7 Å². The number of nitrogens with two attached hydrogens (primary N) is 2. The van der Waals surface area contributed by atoms with E-state index in [1.807, 2.05) is 0 Å². The van der Waals surface area contributed by atoms with Gasteiger partial charge in [-0.15, -0.1) is 0 Å². The van der Waals surface area contributed by atoms with Crippen LogP contribution in [0.3, 0.4) is 0 Å². The van der Waals surface area contributed by atoms with Gasteiger partial charge in [-0.2, -0.15) is 4.98 Å². The zero-order valence-corrected chi connectivity index (χ0v) is 13.4. The number of nitrogens with one attached hydrogen (secondary N) is 1. The number of hydrogen-bond acceptors (Lipinski definition) is 6. The van der Waals surface area contributed by atoms with Crippen molar-refractivity contribution in [3.8, 4) is 0 Å². The van der Waals surface area contributed by atoms with E-state index in [1.54, 1.807) is 4.57 Å². The van der Waals surface area contributed by atoms with Crippen LogP contribution < -0.4 is 28.3 Å². The molecule has 2 aromatic rings. The minimum absolute atomic E-state index is 0.206. The van der Waals surface area contributed by atoms with E-state index in [9.17, 15) is 14.4 Å². The van der Waals surface area contributed by atoms with E-state index in [-0.39, 0.29) is 17.1 Å². The minimum Gasteiger partial charge on any atom is -0.368 e. The molecule has 0 radical (unpaired) electrons. The topological polar surface area (TPSA) is 143 Å². The maximum Gasteiger partial charge on any atom is 0.332 e. The lowest BCUT2D eigenvalue weighted by Gasteiger charge is -2.11. The van der Waals surface area contributed by atoms with Crippen molar-refractivity contribution in [2.24, 2.45) is 24.5 Å². The largest absolute Gasteiger partial charge is 0.368 e. The summed E-state index contributed by atoms with van der Waals surface area (Å²) in [6, 6.07) is 0. The summed E-state index contributed by atoms with van der Waals surface area (Å²) in [5.74, 6) is 5.39. The Morgan fingerprint density at radius 2 is 1.96 bits per heavy atom. The fourth-order valence-electron chi connectivity index (χ4n) is 2.38. The molecule has 0 atom stereocenters. The Morgan fingerprint density at radius 1 is 1.30 bits per heavy atom. The van der Waals surface area contributed by atoms with Gasteiger partial charge < -0.3 is 10.3 Å². The van der Waals surface area contributed by atoms with Gasteiger partial charge in [0.1, 0.15) is 6.54 Å². The molecule has 5 N–H and O–H groups in total. The van der Waals surface area contributed by atoms with Gasteiger partial charge in [0.05, 0.1) is 0 Å². The Morgan fingerprint density at radius 3 is 2.48 bits per heavy atom. The molecular formula is C13H21N7O3. The van der Waals surface area contributed by atoms with Crippen molar-refractivity contribution in [2.75, 3.05) is 5.43 Å². The number of aromatic nitrogens is 4. The van der Waals surface area contributed by atoms with Crippen LogP contribution in [0.15, 0.2) is 9.59 Å². The van der Waals surface area contributed by atoms with Gasteiger partial charge in [0.15, 0.2) is 11.2 Å². The average Bonchev–Trinajstić information content (AvgIpc) is 2.85. The first-order valence-corrected chi connectivity index (χ1v) is 7.22. The van der Waals surface area contributed by atoms with Crippen LogP contribution in [0.25, 0.3) is 11.2 Å². The van der Waals surface area contributed by atoms with Crippen molar-refractivity contribution in [3.05, 3.63) is 20.8 Å². The lowest BCUT2D eigenvalue weighted by atomic mass is 10.1. The summed E-state index contributed by atoms with van der Waals surface area (Å²) in [4.78, 5) is 40.2. The third kappa shape index (κ3) is 2.97. The Labute approximate surface area is 131 Å². The van der Waals surface area contributed by atoms with Crippen molar-refractivity contribution in [1.82, 2.24) is 18.7 Å². The van der Waals surface area contributed by atoms with Crippen LogP contribution in [0.1, 0.15) is 20.3 Å². The fraction of sp³-hybridized carbons (Fsp3) is 0.538. The van der Waals surface area contributed by atoms with Crippen molar-refractivity contribution in [3.63, 3.8) is 0 Å². The molecule has 0 unspecified atom stereocenters. The Hall–Kier alpha value is -2.62. The SMILES string of the molecule is CC(C)CCn1c(NN)nc2c1c(=O)n(CC(N)=O)c(=O)n2C. The number of nitrogens with zero attached hydrogens (tertiary/aromatic N) is 4. The van der Waals surface area contributed by atoms with Crippen molar-refractivity contribution < 1.29 is 4.79 Å². The first-order valence-electron chi connectivity index (χ1n) is 7.22. The number of amides is 1. The number of hydrazine groups is 1. The molecule has 2 rings (SSSR count). The number of primary amides is 1. The van der Waals surface area contributed by atoms with Gasteiger partial charge >= 0.3 is 5.69 Å². The van der Waals surface area contributed by atoms with Crippen molar-refractivity contribution in [2.45, 2.75) is 33.4 Å². The van der Waals surface area contributed by atoms with Gasteiger partial charge in [-0.05, 0) is 12.3 Å². The fourth-order valence-corrected chi connectivity index (χ4v) is 2.38. The standard InChI is InChI=1S/C13H21N7O3/c1-7(2)4-5-19-9-10(16-12(19)17-15)18(3)13(23)20(11(9)22)6-8(14)21/h7H,4-6,15H2,1-3H3,(H2,14,21)(H,16,17). The van der Waals surface area contributed by atoms with E-state index in [0.717, 1.165) is 11.0 Å². The molecule has 0 aliphatic rings. The molecule has 2 heterocycles. The van der Waals surface area contributed by atoms with Gasteiger partial charge in [0, 0.05) is 13.6 Å². The third-order valence-electron chi connectivity index (χ3n) is 3.61. The summed E-state index contributed by atoms with van der Waals surface area (Å²) in [5, 5.41) is 0. The minimum atomic E-state index is -0.769. The van der Waals surface area contributed by atoms with Crippen LogP contribution in [0.5, 0.6) is 0 Å². The number of hydrogen-bond donors (Lipinski definition) is 3. The molecule has 0 bridgehead atoms. The highest BCUT2D eigenvalue weighted by atomic mass is 16.2. The number of anilines is 1. The maximum atomic E-state index is 12.6. The molecule has 23 heavy (non-hydrogen) atoms. The summed E-state index contributed by atoms with van der Waals surface area (Å²) in [5.41, 5.74) is 6.71. The zero-order valence-electron chi connectivity index (χ0n) is 13.4. The van der Waals surface area contributed by atoms with Gasteiger partial charge in [0.2, 0.25) is 11.9 Å². The second-order valence-electron chi connectivity index (χ2n) is 5.79. The second-order valence-corrected chi connectivity index (χ2v) is 5.79. The summed E-state index contributed by atoms with van der Waals surface area (Å²) in [6.07, 6.45) is 0.790. The summed E-state index contributed by atoms with van der Waals surface area (Å²) < 4.78 is 3.62. The third-order valence-corrected chi connectivity index (χ3v) is 3.61. The predicted octanol–water partition coefficient (Wildman–Crippen LogP) is -1.29. The molecule has 1 amide bonds. The van der Waals surface area contributed by atoms with E-state index >= 15 is 0 Å². The van der Waals surface area contributed by atoms with Crippen LogP contribution >= 0.6 is 0 Å². The molecule has 10 heteroatoms. The van der Waals surface area contributed by atoms with E-state index in [4.69, 9.17) is 11.6 Å². The quantitative estimate of drug-likeness (QED) is 0.446. The molecular weight excluding hydrogens is 302 g/mol. The highest BCUT2D eigenvalue weighted by Crippen LogP contribution is 2.16. The molecule has 0 aliphatic heterocycles. The Bertz CT molecular complexity index is 859. The normalized spacial score (nSPS) is 11.3. The molecule has 0 fully saturated rings. The maximum absolute atomic E-state index is 12.6. The van der Waals surface area contributed by atoms with Crippen molar-refractivity contribution >= 4 is 23.0 Å². The van der Waals surface area contributed by atoms with Crippen LogP contribution in [-0.4, -0.2) is 24.6 Å². The number of fused-ring (bicyclic) bond motifs is 1. The molecule has 2 aromatic heterocycles. The number of rotatable bonds is 6. The lowest BCUT2D eigenvalue weighted by molar-refractivity contribution is -0.118. The average molecular weight is 323 g/mol. The number of imidazole rings is 1. The highest BCUT2D eigenvalue weighted by Gasteiger charge is 2.20.